The fourth-order valence-electron chi connectivity index (χ4n) is 1.99. The van der Waals surface area contributed by atoms with E-state index in [1.807, 2.05) is 12.1 Å². The van der Waals surface area contributed by atoms with Gasteiger partial charge in [-0.1, -0.05) is 0 Å². The Hall–Kier alpha value is -1.73. The van der Waals surface area contributed by atoms with Crippen LogP contribution < -0.4 is 5.43 Å². The number of carbonyl (C=O) groups is 1. The van der Waals surface area contributed by atoms with Crippen LogP contribution in [0, 0.1) is 11.6 Å². The van der Waals surface area contributed by atoms with Gasteiger partial charge in [-0.05, 0) is 19.2 Å². The second-order valence-electron chi connectivity index (χ2n) is 4.68. The lowest BCUT2D eigenvalue weighted by atomic mass is 10.2. The van der Waals surface area contributed by atoms with Crippen molar-refractivity contribution in [1.29, 1.82) is 0 Å². The summed E-state index contributed by atoms with van der Waals surface area (Å²) in [6, 6.07) is 2.55. The molecule has 0 aromatic heterocycles. The van der Waals surface area contributed by atoms with Crippen molar-refractivity contribution in [1.82, 2.24) is 9.91 Å². The number of hydrogen-bond donors (Lipinski definition) is 1. The Morgan fingerprint density at radius 1 is 1.20 bits per heavy atom. The van der Waals surface area contributed by atoms with Crippen LogP contribution in [0.2, 0.25) is 0 Å². The maximum atomic E-state index is 13.9. The molecule has 0 bridgehead atoms. The van der Waals surface area contributed by atoms with Gasteiger partial charge < -0.3 is 15.1 Å². The standard InChI is InChI=1S/C13H17F2N3O2/c1-17-5-7-18(8-6-17)16-10-4-3-9(13(19)20-2)11(14)12(10)15/h3-4,16H,5-8H2,1-2H3. The molecule has 0 radical (unpaired) electrons. The van der Waals surface area contributed by atoms with Crippen molar-refractivity contribution in [2.75, 3.05) is 45.8 Å². The van der Waals surface area contributed by atoms with Crippen molar-refractivity contribution in [2.45, 2.75) is 0 Å². The Kier molecular flexibility index (Phi) is 4.51. The van der Waals surface area contributed by atoms with Crippen LogP contribution in [-0.2, 0) is 4.74 Å². The van der Waals surface area contributed by atoms with Crippen LogP contribution in [-0.4, -0.2) is 56.2 Å². The number of nitrogens with zero attached hydrogens (tertiary/aromatic N) is 2. The Balaban J connectivity index is 2.13. The smallest absolute Gasteiger partial charge is 0.340 e. The molecule has 0 saturated carbocycles. The number of nitrogens with one attached hydrogen (secondary N) is 1. The van der Waals surface area contributed by atoms with Gasteiger partial charge in [0.05, 0.1) is 18.4 Å². The summed E-state index contributed by atoms with van der Waals surface area (Å²) in [5.74, 6) is -3.17. The SMILES string of the molecule is COC(=O)c1ccc(NN2CCN(C)CC2)c(F)c1F. The molecule has 5 nitrogen and oxygen atoms in total. The van der Waals surface area contributed by atoms with Gasteiger partial charge in [0.15, 0.2) is 11.6 Å². The Morgan fingerprint density at radius 2 is 1.85 bits per heavy atom. The normalized spacial score (nSPS) is 17.0. The highest BCUT2D eigenvalue weighted by atomic mass is 19.2. The first-order valence-corrected chi connectivity index (χ1v) is 6.29. The lowest BCUT2D eigenvalue weighted by molar-refractivity contribution is 0.0594. The summed E-state index contributed by atoms with van der Waals surface area (Å²) in [6.45, 7) is 3.10. The molecular weight excluding hydrogens is 268 g/mol. The molecule has 1 saturated heterocycles. The van der Waals surface area contributed by atoms with Crippen molar-refractivity contribution in [3.8, 4) is 0 Å². The predicted molar refractivity (Wildman–Crippen MR) is 70.4 cm³/mol. The topological polar surface area (TPSA) is 44.8 Å². The van der Waals surface area contributed by atoms with Gasteiger partial charge in [-0.25, -0.2) is 18.6 Å². The average molecular weight is 285 g/mol. The molecule has 0 amide bonds. The van der Waals surface area contributed by atoms with Crippen LogP contribution in [0.3, 0.4) is 0 Å². The van der Waals surface area contributed by atoms with Crippen molar-refractivity contribution >= 4 is 11.7 Å². The lowest BCUT2D eigenvalue weighted by Crippen LogP contribution is -2.47. The number of piperazine rings is 1. The van der Waals surface area contributed by atoms with E-state index >= 15 is 0 Å². The van der Waals surface area contributed by atoms with E-state index in [0.29, 0.717) is 13.1 Å². The van der Waals surface area contributed by atoms with Gasteiger partial charge in [-0.15, -0.1) is 0 Å². The lowest BCUT2D eigenvalue weighted by Gasteiger charge is -2.33. The number of rotatable bonds is 3. The number of hydrogen-bond acceptors (Lipinski definition) is 5. The first-order chi connectivity index (χ1) is 9.52. The molecule has 1 fully saturated rings. The van der Waals surface area contributed by atoms with Crippen LogP contribution in [0.25, 0.3) is 0 Å². The zero-order chi connectivity index (χ0) is 14.7. The Labute approximate surface area is 116 Å². The third-order valence-corrected chi connectivity index (χ3v) is 3.27. The summed E-state index contributed by atoms with van der Waals surface area (Å²) in [5.41, 5.74) is 2.44. The minimum atomic E-state index is -1.20. The van der Waals surface area contributed by atoms with Crippen molar-refractivity contribution in [2.24, 2.45) is 0 Å². The Bertz CT molecular complexity index is 503. The molecule has 0 unspecified atom stereocenters. The molecule has 0 atom stereocenters. The molecule has 1 aliphatic rings. The molecule has 0 aliphatic carbocycles. The fraction of sp³-hybridized carbons (Fsp3) is 0.462. The van der Waals surface area contributed by atoms with Gasteiger partial charge in [0.2, 0.25) is 0 Å². The van der Waals surface area contributed by atoms with Gasteiger partial charge in [-0.3, -0.25) is 0 Å². The minimum Gasteiger partial charge on any atom is -0.465 e. The van der Waals surface area contributed by atoms with Crippen LogP contribution >= 0.6 is 0 Å². The summed E-state index contributed by atoms with van der Waals surface area (Å²) in [7, 11) is 3.12. The maximum absolute atomic E-state index is 13.9. The number of methoxy groups -OCH3 is 1. The number of benzene rings is 1. The van der Waals surface area contributed by atoms with Gasteiger partial charge in [0, 0.05) is 26.2 Å². The van der Waals surface area contributed by atoms with Crippen LogP contribution in [0.4, 0.5) is 14.5 Å². The fourth-order valence-corrected chi connectivity index (χ4v) is 1.99. The highest BCUT2D eigenvalue weighted by Gasteiger charge is 2.21. The van der Waals surface area contributed by atoms with E-state index in [0.717, 1.165) is 20.2 Å². The molecule has 1 aromatic carbocycles. The number of esters is 1. The van der Waals surface area contributed by atoms with E-state index < -0.39 is 23.2 Å². The first-order valence-electron chi connectivity index (χ1n) is 6.29. The second-order valence-corrected chi connectivity index (χ2v) is 4.68. The van der Waals surface area contributed by atoms with E-state index in [4.69, 9.17) is 0 Å². The molecule has 7 heteroatoms. The second kappa shape index (κ2) is 6.15. The molecule has 110 valence electrons. The highest BCUT2D eigenvalue weighted by molar-refractivity contribution is 5.90. The van der Waals surface area contributed by atoms with Crippen LogP contribution in [0.5, 0.6) is 0 Å². The predicted octanol–water partition coefficient (Wildman–Crippen LogP) is 1.33. The molecular formula is C13H17F2N3O2. The summed E-state index contributed by atoms with van der Waals surface area (Å²) in [4.78, 5) is 13.4. The van der Waals surface area contributed by atoms with Crippen LogP contribution in [0.1, 0.15) is 10.4 Å². The third-order valence-electron chi connectivity index (χ3n) is 3.27. The zero-order valence-electron chi connectivity index (χ0n) is 11.4. The molecule has 2 rings (SSSR count). The summed E-state index contributed by atoms with van der Waals surface area (Å²) in [5, 5.41) is 1.82. The minimum absolute atomic E-state index is 0.0136. The maximum Gasteiger partial charge on any atom is 0.340 e. The van der Waals surface area contributed by atoms with E-state index in [9.17, 15) is 13.6 Å². The number of halogens is 2. The average Bonchev–Trinajstić information content (AvgIpc) is 2.45. The van der Waals surface area contributed by atoms with E-state index in [-0.39, 0.29) is 5.69 Å². The van der Waals surface area contributed by atoms with Crippen molar-refractivity contribution in [3.05, 3.63) is 29.3 Å². The van der Waals surface area contributed by atoms with Gasteiger partial charge >= 0.3 is 5.97 Å². The molecule has 1 N–H and O–H groups in total. The van der Waals surface area contributed by atoms with E-state index in [1.165, 1.54) is 12.1 Å². The number of carbonyl (C=O) groups excluding carboxylic acids is 1. The van der Waals surface area contributed by atoms with E-state index in [1.54, 1.807) is 0 Å². The quantitative estimate of drug-likeness (QED) is 0.849. The number of ether oxygens (including phenoxy) is 1. The van der Waals surface area contributed by atoms with Crippen molar-refractivity contribution in [3.63, 3.8) is 0 Å². The third kappa shape index (κ3) is 3.05. The number of likely N-dealkylation sites (N-methyl/N-ethyl adjacent to an activating group) is 1. The summed E-state index contributed by atoms with van der Waals surface area (Å²) >= 11 is 0. The van der Waals surface area contributed by atoms with E-state index in [2.05, 4.69) is 15.1 Å². The zero-order valence-corrected chi connectivity index (χ0v) is 11.4. The number of hydrazine groups is 1. The molecule has 1 heterocycles. The van der Waals surface area contributed by atoms with Crippen LogP contribution in [0.15, 0.2) is 12.1 Å². The summed E-state index contributed by atoms with van der Waals surface area (Å²) < 4.78 is 32.1. The largest absolute Gasteiger partial charge is 0.465 e. The molecule has 1 aromatic rings. The molecule has 1 aliphatic heterocycles. The number of anilines is 1. The van der Waals surface area contributed by atoms with Crippen molar-refractivity contribution < 1.29 is 18.3 Å². The molecule has 0 spiro atoms. The highest BCUT2D eigenvalue weighted by Crippen LogP contribution is 2.22. The summed E-state index contributed by atoms with van der Waals surface area (Å²) in [6.07, 6.45) is 0. The van der Waals surface area contributed by atoms with Gasteiger partial charge in [-0.2, -0.15) is 0 Å². The van der Waals surface area contributed by atoms with Gasteiger partial charge in [0.25, 0.3) is 0 Å². The molecule has 20 heavy (non-hydrogen) atoms. The first kappa shape index (κ1) is 14.7. The monoisotopic (exact) mass is 285 g/mol. The van der Waals surface area contributed by atoms with Gasteiger partial charge in [0.1, 0.15) is 0 Å². The Morgan fingerprint density at radius 3 is 2.45 bits per heavy atom.